The molecule has 6 nitrogen and oxygen atoms in total. The van der Waals surface area contributed by atoms with Crippen molar-refractivity contribution in [3.8, 4) is 17.0 Å². The molecular formula is C28H29F2N5OS. The molecule has 2 aliphatic heterocycles. The van der Waals surface area contributed by atoms with Gasteiger partial charge in [0.1, 0.15) is 18.1 Å². The first kappa shape index (κ1) is 24.1. The lowest BCUT2D eigenvalue weighted by Crippen LogP contribution is -2.43. The van der Waals surface area contributed by atoms with Crippen molar-refractivity contribution in [1.29, 1.82) is 0 Å². The third kappa shape index (κ3) is 4.73. The fourth-order valence-electron chi connectivity index (χ4n) is 5.08. The molecule has 37 heavy (non-hydrogen) atoms. The van der Waals surface area contributed by atoms with Crippen molar-refractivity contribution in [3.05, 3.63) is 65.6 Å². The summed E-state index contributed by atoms with van der Waals surface area (Å²) in [6.45, 7) is 9.17. The molecule has 0 amide bonds. The molecule has 0 bridgehead atoms. The minimum atomic E-state index is -0.579. The van der Waals surface area contributed by atoms with Crippen molar-refractivity contribution in [2.75, 3.05) is 49.1 Å². The third-order valence-corrected chi connectivity index (χ3v) is 8.14. The number of rotatable bonds is 5. The monoisotopic (exact) mass is 521 g/mol. The number of fused-ring (bicyclic) bond motifs is 2. The van der Waals surface area contributed by atoms with Crippen molar-refractivity contribution in [1.82, 2.24) is 15.3 Å². The Hall–Kier alpha value is -3.30. The lowest BCUT2D eigenvalue weighted by atomic mass is 10.1. The van der Waals surface area contributed by atoms with Gasteiger partial charge in [-0.25, -0.2) is 18.7 Å². The van der Waals surface area contributed by atoms with Crippen molar-refractivity contribution >= 4 is 32.1 Å². The minimum Gasteiger partial charge on any atom is -0.486 e. The van der Waals surface area contributed by atoms with Crippen LogP contribution in [-0.4, -0.2) is 55.3 Å². The maximum atomic E-state index is 15.0. The summed E-state index contributed by atoms with van der Waals surface area (Å²) in [7, 11) is 0. The summed E-state index contributed by atoms with van der Waals surface area (Å²) in [5, 5.41) is 5.86. The summed E-state index contributed by atoms with van der Waals surface area (Å²) in [4.78, 5) is 13.3. The van der Waals surface area contributed by atoms with Gasteiger partial charge in [0.15, 0.2) is 17.4 Å². The fourth-order valence-corrected chi connectivity index (χ4v) is 6.17. The Labute approximate surface area is 218 Å². The summed E-state index contributed by atoms with van der Waals surface area (Å²) in [6.07, 6.45) is 1.63. The zero-order chi connectivity index (χ0) is 25.5. The molecule has 1 saturated heterocycles. The maximum absolute atomic E-state index is 15.0. The van der Waals surface area contributed by atoms with Gasteiger partial charge in [0.25, 0.3) is 0 Å². The summed E-state index contributed by atoms with van der Waals surface area (Å²) in [5.41, 5.74) is 2.14. The van der Waals surface area contributed by atoms with Gasteiger partial charge in [0.05, 0.1) is 23.4 Å². The molecule has 0 aliphatic carbocycles. The number of hydrogen-bond acceptors (Lipinski definition) is 7. The van der Waals surface area contributed by atoms with Crippen LogP contribution in [-0.2, 0) is 6.42 Å². The lowest BCUT2D eigenvalue weighted by Gasteiger charge is -2.34. The Morgan fingerprint density at radius 3 is 2.70 bits per heavy atom. The van der Waals surface area contributed by atoms with E-state index < -0.39 is 11.6 Å². The van der Waals surface area contributed by atoms with Crippen LogP contribution >= 0.6 is 11.3 Å². The van der Waals surface area contributed by atoms with Crippen LogP contribution < -0.4 is 19.9 Å². The SMILES string of the molecule is CC(C)N1CCOc2c(F)cc(-c3nc(Cc4ccc5sc(N6CCNCC6)cc5c4)ncc3F)cc21. The highest BCUT2D eigenvalue weighted by molar-refractivity contribution is 7.22. The Bertz CT molecular complexity index is 1450. The largest absolute Gasteiger partial charge is 0.486 e. The third-order valence-electron chi connectivity index (χ3n) is 6.96. The molecular weight excluding hydrogens is 492 g/mol. The normalized spacial score (nSPS) is 15.8. The molecule has 0 saturated carbocycles. The van der Waals surface area contributed by atoms with Crippen LogP contribution in [0, 0.1) is 11.6 Å². The standard InChI is InChI=1S/C28H29F2N5OS/c1-17(2)35-9-10-36-28-21(29)13-20(14-23(28)35)27-22(30)16-32-25(33-27)12-18-3-4-24-19(11-18)15-26(37-24)34-7-5-31-6-8-34/h3-4,11,13-17,31H,5-10,12H2,1-2H3. The molecule has 0 spiro atoms. The maximum Gasteiger partial charge on any atom is 0.178 e. The van der Waals surface area contributed by atoms with Gasteiger partial charge in [-0.2, -0.15) is 0 Å². The first-order valence-electron chi connectivity index (χ1n) is 12.7. The van der Waals surface area contributed by atoms with Crippen molar-refractivity contribution in [2.24, 2.45) is 0 Å². The van der Waals surface area contributed by atoms with Gasteiger partial charge in [-0.3, -0.25) is 0 Å². The van der Waals surface area contributed by atoms with E-state index in [4.69, 9.17) is 4.74 Å². The van der Waals surface area contributed by atoms with Crippen LogP contribution in [0.1, 0.15) is 25.2 Å². The second kappa shape index (κ2) is 9.87. The number of nitrogens with zero attached hydrogens (tertiary/aromatic N) is 4. The van der Waals surface area contributed by atoms with Gasteiger partial charge in [-0.1, -0.05) is 6.07 Å². The average Bonchev–Trinajstić information content (AvgIpc) is 3.33. The summed E-state index contributed by atoms with van der Waals surface area (Å²) in [5.74, 6) is -0.392. The van der Waals surface area contributed by atoms with Crippen molar-refractivity contribution in [3.63, 3.8) is 0 Å². The minimum absolute atomic E-state index is 0.0959. The molecule has 0 atom stereocenters. The van der Waals surface area contributed by atoms with E-state index >= 15 is 0 Å². The van der Waals surface area contributed by atoms with Crippen LogP contribution in [0.25, 0.3) is 21.3 Å². The Morgan fingerprint density at radius 2 is 1.89 bits per heavy atom. The zero-order valence-corrected chi connectivity index (χ0v) is 21.7. The number of ether oxygens (including phenoxy) is 1. The van der Waals surface area contributed by atoms with Crippen LogP contribution in [0.15, 0.2) is 42.6 Å². The molecule has 4 heterocycles. The van der Waals surface area contributed by atoms with E-state index in [1.807, 2.05) is 13.8 Å². The van der Waals surface area contributed by atoms with Crippen molar-refractivity contribution < 1.29 is 13.5 Å². The quantitative estimate of drug-likeness (QED) is 0.388. The van der Waals surface area contributed by atoms with E-state index in [-0.39, 0.29) is 17.5 Å². The van der Waals surface area contributed by atoms with Crippen LogP contribution in [0.4, 0.5) is 19.5 Å². The highest BCUT2D eigenvalue weighted by Crippen LogP contribution is 2.39. The molecule has 4 aromatic rings. The van der Waals surface area contributed by atoms with E-state index in [1.165, 1.54) is 27.4 Å². The van der Waals surface area contributed by atoms with Crippen LogP contribution in [0.3, 0.4) is 0 Å². The highest BCUT2D eigenvalue weighted by Gasteiger charge is 2.25. The molecule has 2 aromatic heterocycles. The summed E-state index contributed by atoms with van der Waals surface area (Å²) >= 11 is 1.80. The summed E-state index contributed by atoms with van der Waals surface area (Å²) in [6, 6.07) is 11.8. The number of benzene rings is 2. The Balaban J connectivity index is 1.30. The fraction of sp³-hybridized carbons (Fsp3) is 0.357. The number of halogens is 2. The lowest BCUT2D eigenvalue weighted by molar-refractivity contribution is 0.287. The Morgan fingerprint density at radius 1 is 1.05 bits per heavy atom. The molecule has 9 heteroatoms. The van der Waals surface area contributed by atoms with Crippen molar-refractivity contribution in [2.45, 2.75) is 26.3 Å². The number of hydrogen-bond donors (Lipinski definition) is 1. The van der Waals surface area contributed by atoms with Crippen LogP contribution in [0.2, 0.25) is 0 Å². The number of nitrogens with one attached hydrogen (secondary N) is 1. The molecule has 192 valence electrons. The van der Waals surface area contributed by atoms with E-state index in [2.05, 4.69) is 49.4 Å². The Kier molecular flexibility index (Phi) is 6.42. The van der Waals surface area contributed by atoms with E-state index in [0.717, 1.165) is 31.7 Å². The topological polar surface area (TPSA) is 53.5 Å². The predicted molar refractivity (Wildman–Crippen MR) is 145 cm³/mol. The van der Waals surface area contributed by atoms with Gasteiger partial charge >= 0.3 is 0 Å². The molecule has 0 radical (unpaired) electrons. The van der Waals surface area contributed by atoms with E-state index in [1.54, 1.807) is 17.4 Å². The van der Waals surface area contributed by atoms with Gasteiger partial charge < -0.3 is 19.9 Å². The van der Waals surface area contributed by atoms with E-state index in [0.29, 0.717) is 36.6 Å². The number of aromatic nitrogens is 2. The van der Waals surface area contributed by atoms with Gasteiger partial charge in [0.2, 0.25) is 0 Å². The highest BCUT2D eigenvalue weighted by atomic mass is 32.1. The first-order chi connectivity index (χ1) is 18.0. The molecule has 2 aliphatic rings. The average molecular weight is 522 g/mol. The molecule has 6 rings (SSSR count). The second-order valence-corrected chi connectivity index (χ2v) is 10.9. The zero-order valence-electron chi connectivity index (χ0n) is 20.9. The molecule has 0 unspecified atom stereocenters. The molecule has 1 N–H and O–H groups in total. The van der Waals surface area contributed by atoms with Gasteiger partial charge in [0, 0.05) is 48.9 Å². The molecule has 2 aromatic carbocycles. The number of thiophene rings is 1. The predicted octanol–water partition coefficient (Wildman–Crippen LogP) is 5.24. The summed E-state index contributed by atoms with van der Waals surface area (Å²) < 4.78 is 36.7. The smallest absolute Gasteiger partial charge is 0.178 e. The van der Waals surface area contributed by atoms with Crippen LogP contribution in [0.5, 0.6) is 5.75 Å². The molecule has 1 fully saturated rings. The number of piperazine rings is 1. The number of anilines is 2. The van der Waals surface area contributed by atoms with Gasteiger partial charge in [-0.05, 0) is 55.1 Å². The van der Waals surface area contributed by atoms with Gasteiger partial charge in [-0.15, -0.1) is 11.3 Å². The first-order valence-corrected chi connectivity index (χ1v) is 13.5. The second-order valence-electron chi connectivity index (χ2n) is 9.80. The van der Waals surface area contributed by atoms with E-state index in [9.17, 15) is 8.78 Å².